The predicted octanol–water partition coefficient (Wildman–Crippen LogP) is 1.59. The Labute approximate surface area is 105 Å². The van der Waals surface area contributed by atoms with Crippen LogP contribution < -0.4 is 9.47 Å². The highest BCUT2D eigenvalue weighted by Crippen LogP contribution is 2.32. The van der Waals surface area contributed by atoms with Gasteiger partial charge in [-0.2, -0.15) is 0 Å². The molecule has 3 rings (SSSR count). The molecule has 0 atom stereocenters. The van der Waals surface area contributed by atoms with E-state index in [1.807, 2.05) is 18.2 Å². The largest absolute Gasteiger partial charge is 0.454 e. The summed E-state index contributed by atoms with van der Waals surface area (Å²) in [4.78, 5) is 16.9. The first-order valence-corrected chi connectivity index (χ1v) is 5.85. The molecule has 1 saturated heterocycles. The second kappa shape index (κ2) is 4.70. The molecule has 5 nitrogen and oxygen atoms in total. The summed E-state index contributed by atoms with van der Waals surface area (Å²) < 4.78 is 10.5. The third kappa shape index (κ3) is 2.17. The Morgan fingerprint density at radius 1 is 1.28 bits per heavy atom. The van der Waals surface area contributed by atoms with Crippen molar-refractivity contribution in [2.24, 2.45) is 0 Å². The minimum atomic E-state index is -0.134. The van der Waals surface area contributed by atoms with Gasteiger partial charge in [0, 0.05) is 6.08 Å². The van der Waals surface area contributed by atoms with Crippen LogP contribution in [-0.4, -0.2) is 30.9 Å². The van der Waals surface area contributed by atoms with Crippen molar-refractivity contribution in [1.82, 2.24) is 5.06 Å². The van der Waals surface area contributed by atoms with Gasteiger partial charge in [0.05, 0.1) is 13.2 Å². The van der Waals surface area contributed by atoms with Gasteiger partial charge < -0.3 is 9.47 Å². The van der Waals surface area contributed by atoms with Crippen molar-refractivity contribution >= 4 is 12.0 Å². The number of hydrogen-bond acceptors (Lipinski definition) is 4. The molecule has 18 heavy (non-hydrogen) atoms. The summed E-state index contributed by atoms with van der Waals surface area (Å²) in [7, 11) is 0. The molecule has 0 unspecified atom stereocenters. The summed E-state index contributed by atoms with van der Waals surface area (Å²) in [6.45, 7) is 1.52. The molecule has 0 radical (unpaired) electrons. The average Bonchev–Trinajstić information content (AvgIpc) is 3.05. The number of rotatable bonds is 2. The molecule has 2 aliphatic heterocycles. The van der Waals surface area contributed by atoms with Crippen molar-refractivity contribution in [1.29, 1.82) is 0 Å². The van der Waals surface area contributed by atoms with E-state index < -0.39 is 0 Å². The van der Waals surface area contributed by atoms with Crippen LogP contribution in [-0.2, 0) is 9.63 Å². The van der Waals surface area contributed by atoms with Crippen LogP contribution in [0, 0.1) is 0 Å². The Balaban J connectivity index is 1.70. The maximum Gasteiger partial charge on any atom is 0.270 e. The summed E-state index contributed by atoms with van der Waals surface area (Å²) in [5.74, 6) is 1.31. The van der Waals surface area contributed by atoms with Crippen LogP contribution in [0.5, 0.6) is 11.5 Å². The summed E-state index contributed by atoms with van der Waals surface area (Å²) >= 11 is 0. The smallest absolute Gasteiger partial charge is 0.270 e. The molecular weight excluding hydrogens is 234 g/mol. The molecule has 0 bridgehead atoms. The Morgan fingerprint density at radius 3 is 3.00 bits per heavy atom. The standard InChI is InChI=1S/C13H13NO4/c15-13(14-6-1-7-18-14)5-3-10-2-4-11-12(8-10)17-9-16-11/h2-5,8H,1,6-7,9H2/b5-3+. The minimum absolute atomic E-state index is 0.134. The predicted molar refractivity (Wildman–Crippen MR) is 63.9 cm³/mol. The van der Waals surface area contributed by atoms with Gasteiger partial charge in [0.15, 0.2) is 11.5 Å². The van der Waals surface area contributed by atoms with Gasteiger partial charge in [0.25, 0.3) is 5.91 Å². The fourth-order valence-electron chi connectivity index (χ4n) is 1.89. The number of nitrogens with zero attached hydrogens (tertiary/aromatic N) is 1. The highest BCUT2D eigenvalue weighted by atomic mass is 16.7. The Kier molecular flexibility index (Phi) is 2.90. The number of fused-ring (bicyclic) bond motifs is 1. The monoisotopic (exact) mass is 247 g/mol. The van der Waals surface area contributed by atoms with Crippen molar-refractivity contribution in [2.75, 3.05) is 19.9 Å². The third-order valence-electron chi connectivity index (χ3n) is 2.81. The molecule has 2 aliphatic rings. The van der Waals surface area contributed by atoms with Crippen LogP contribution in [0.1, 0.15) is 12.0 Å². The SMILES string of the molecule is O=C(/C=C/c1ccc2c(c1)OCO2)N1CCCO1. The molecule has 94 valence electrons. The van der Waals surface area contributed by atoms with E-state index in [-0.39, 0.29) is 12.7 Å². The topological polar surface area (TPSA) is 48.0 Å². The second-order valence-electron chi connectivity index (χ2n) is 4.07. The molecule has 1 aromatic rings. The quantitative estimate of drug-likeness (QED) is 0.745. The van der Waals surface area contributed by atoms with Crippen molar-refractivity contribution < 1.29 is 19.1 Å². The number of amides is 1. The van der Waals surface area contributed by atoms with Gasteiger partial charge in [-0.15, -0.1) is 0 Å². The lowest BCUT2D eigenvalue weighted by Crippen LogP contribution is -2.24. The fraction of sp³-hybridized carbons (Fsp3) is 0.308. The Morgan fingerprint density at radius 2 is 2.17 bits per heavy atom. The van der Waals surface area contributed by atoms with E-state index in [1.54, 1.807) is 6.08 Å². The molecule has 0 saturated carbocycles. The lowest BCUT2D eigenvalue weighted by molar-refractivity contribution is -0.162. The minimum Gasteiger partial charge on any atom is -0.454 e. The van der Waals surface area contributed by atoms with Crippen molar-refractivity contribution in [3.05, 3.63) is 29.8 Å². The normalized spacial score (nSPS) is 17.7. The zero-order valence-corrected chi connectivity index (χ0v) is 9.80. The van der Waals surface area contributed by atoms with E-state index >= 15 is 0 Å². The Bertz CT molecular complexity index is 492. The zero-order chi connectivity index (χ0) is 12.4. The number of hydrogen-bond donors (Lipinski definition) is 0. The van der Waals surface area contributed by atoms with Gasteiger partial charge in [-0.25, -0.2) is 5.06 Å². The summed E-state index contributed by atoms with van der Waals surface area (Å²) in [6.07, 6.45) is 4.14. The lowest BCUT2D eigenvalue weighted by atomic mass is 10.2. The van der Waals surface area contributed by atoms with Gasteiger partial charge >= 0.3 is 0 Å². The molecule has 0 spiro atoms. The Hall–Kier alpha value is -2.01. The molecule has 1 fully saturated rings. The average molecular weight is 247 g/mol. The lowest BCUT2D eigenvalue weighted by Gasteiger charge is -2.10. The van der Waals surface area contributed by atoms with Crippen LogP contribution in [0.4, 0.5) is 0 Å². The van der Waals surface area contributed by atoms with Crippen molar-refractivity contribution in [3.8, 4) is 11.5 Å². The van der Waals surface area contributed by atoms with Gasteiger partial charge in [0.1, 0.15) is 0 Å². The molecule has 5 heteroatoms. The third-order valence-corrected chi connectivity index (χ3v) is 2.81. The van der Waals surface area contributed by atoms with E-state index in [2.05, 4.69) is 0 Å². The second-order valence-corrected chi connectivity index (χ2v) is 4.07. The first-order chi connectivity index (χ1) is 8.83. The highest BCUT2D eigenvalue weighted by Gasteiger charge is 2.17. The summed E-state index contributed by atoms with van der Waals surface area (Å²) in [6, 6.07) is 5.55. The maximum atomic E-state index is 11.7. The summed E-state index contributed by atoms with van der Waals surface area (Å²) in [5.41, 5.74) is 0.895. The van der Waals surface area contributed by atoms with E-state index in [4.69, 9.17) is 14.3 Å². The molecule has 0 aliphatic carbocycles. The van der Waals surface area contributed by atoms with E-state index in [9.17, 15) is 4.79 Å². The molecular formula is C13H13NO4. The van der Waals surface area contributed by atoms with Crippen LogP contribution >= 0.6 is 0 Å². The van der Waals surface area contributed by atoms with Crippen molar-refractivity contribution in [2.45, 2.75) is 6.42 Å². The van der Waals surface area contributed by atoms with Gasteiger partial charge in [-0.05, 0) is 30.2 Å². The van der Waals surface area contributed by atoms with Gasteiger partial charge in [-0.3, -0.25) is 9.63 Å². The molecule has 0 N–H and O–H groups in total. The number of carbonyl (C=O) groups excluding carboxylic acids is 1. The number of carbonyl (C=O) groups is 1. The first kappa shape index (κ1) is 11.1. The maximum absolute atomic E-state index is 11.7. The van der Waals surface area contributed by atoms with E-state index in [0.29, 0.717) is 18.9 Å². The van der Waals surface area contributed by atoms with Crippen LogP contribution in [0.3, 0.4) is 0 Å². The van der Waals surface area contributed by atoms with Gasteiger partial charge in [0.2, 0.25) is 6.79 Å². The van der Waals surface area contributed by atoms with Crippen LogP contribution in [0.25, 0.3) is 6.08 Å². The van der Waals surface area contributed by atoms with Crippen molar-refractivity contribution in [3.63, 3.8) is 0 Å². The van der Waals surface area contributed by atoms with Gasteiger partial charge in [-0.1, -0.05) is 6.07 Å². The molecule has 0 aromatic heterocycles. The van der Waals surface area contributed by atoms with E-state index in [1.165, 1.54) is 11.1 Å². The molecule has 1 aromatic carbocycles. The fourth-order valence-corrected chi connectivity index (χ4v) is 1.89. The molecule has 2 heterocycles. The number of hydroxylamine groups is 2. The van der Waals surface area contributed by atoms with Crippen LogP contribution in [0.15, 0.2) is 24.3 Å². The molecule has 1 amide bonds. The number of ether oxygens (including phenoxy) is 2. The van der Waals surface area contributed by atoms with E-state index in [0.717, 1.165) is 17.7 Å². The number of benzene rings is 1. The highest BCUT2D eigenvalue weighted by molar-refractivity contribution is 5.91. The first-order valence-electron chi connectivity index (χ1n) is 5.85. The summed E-state index contributed by atoms with van der Waals surface area (Å²) in [5, 5.41) is 1.38. The van der Waals surface area contributed by atoms with Crippen LogP contribution in [0.2, 0.25) is 0 Å². The zero-order valence-electron chi connectivity index (χ0n) is 9.80.